The first-order chi connectivity index (χ1) is 17.5. The summed E-state index contributed by atoms with van der Waals surface area (Å²) in [6.45, 7) is 0.643. The Hall–Kier alpha value is -4.18. The Kier molecular flexibility index (Phi) is 7.65. The minimum Gasteiger partial charge on any atom is -0.497 e. The lowest BCUT2D eigenvalue weighted by Gasteiger charge is -2.26. The van der Waals surface area contributed by atoms with Crippen LogP contribution in [0, 0.1) is 0 Å². The van der Waals surface area contributed by atoms with Crippen LogP contribution < -0.4 is 4.74 Å². The number of ether oxygens (including phenoxy) is 1. The van der Waals surface area contributed by atoms with E-state index < -0.39 is 0 Å². The van der Waals surface area contributed by atoms with Crippen LogP contribution in [0.15, 0.2) is 59.1 Å². The molecular formula is C26H27N3O7. The van der Waals surface area contributed by atoms with Crippen molar-refractivity contribution in [2.75, 3.05) is 20.2 Å². The molecule has 36 heavy (non-hydrogen) atoms. The number of hydrogen-bond donors (Lipinski definition) is 2. The highest BCUT2D eigenvalue weighted by molar-refractivity contribution is 6.00. The molecule has 1 aromatic carbocycles. The number of carbonyl (C=O) groups excluding carboxylic acids is 2. The van der Waals surface area contributed by atoms with Crippen molar-refractivity contribution >= 4 is 18.3 Å². The van der Waals surface area contributed by atoms with Gasteiger partial charge in [0.2, 0.25) is 0 Å². The summed E-state index contributed by atoms with van der Waals surface area (Å²) in [5, 5.41) is 16.1. The van der Waals surface area contributed by atoms with Crippen LogP contribution in [0.3, 0.4) is 0 Å². The van der Waals surface area contributed by atoms with Crippen LogP contribution in [0.2, 0.25) is 0 Å². The number of likely N-dealkylation sites (tertiary alicyclic amines) is 2. The molecule has 10 nitrogen and oxygen atoms in total. The van der Waals surface area contributed by atoms with E-state index >= 15 is 0 Å². The average molecular weight is 494 g/mol. The van der Waals surface area contributed by atoms with Gasteiger partial charge in [-0.15, -0.1) is 0 Å². The van der Waals surface area contributed by atoms with E-state index in [4.69, 9.17) is 19.1 Å². The molecule has 2 amide bonds. The third kappa shape index (κ3) is 4.80. The van der Waals surface area contributed by atoms with Gasteiger partial charge in [-0.2, -0.15) is 0 Å². The highest BCUT2D eigenvalue weighted by atomic mass is 16.5. The Morgan fingerprint density at radius 3 is 2.28 bits per heavy atom. The van der Waals surface area contributed by atoms with Crippen molar-refractivity contribution in [3.8, 4) is 17.0 Å². The SMILES string of the molecule is COc1ccc(-c2ncccc2C(=O)N2CC[C@@H]3[C@H]2CCN3C(=O)c2ccc(CO)o2)cc1.O=CO. The predicted octanol–water partition coefficient (Wildman–Crippen LogP) is 2.67. The Morgan fingerprint density at radius 2 is 1.69 bits per heavy atom. The lowest BCUT2D eigenvalue weighted by Crippen LogP contribution is -2.41. The summed E-state index contributed by atoms with van der Waals surface area (Å²) in [7, 11) is 1.61. The fourth-order valence-corrected chi connectivity index (χ4v) is 4.92. The second-order valence-electron chi connectivity index (χ2n) is 8.37. The van der Waals surface area contributed by atoms with Crippen LogP contribution in [0.4, 0.5) is 0 Å². The van der Waals surface area contributed by atoms with Crippen molar-refractivity contribution in [1.82, 2.24) is 14.8 Å². The second kappa shape index (κ2) is 11.0. The van der Waals surface area contributed by atoms with Gasteiger partial charge in [-0.3, -0.25) is 19.4 Å². The molecule has 2 atom stereocenters. The summed E-state index contributed by atoms with van der Waals surface area (Å²) in [6, 6.07) is 14.2. The number of benzene rings is 1. The molecular weight excluding hydrogens is 466 g/mol. The van der Waals surface area contributed by atoms with Gasteiger partial charge < -0.3 is 29.2 Å². The first-order valence-electron chi connectivity index (χ1n) is 11.5. The van der Waals surface area contributed by atoms with E-state index in [9.17, 15) is 14.7 Å². The number of carboxylic acid groups (broad SMARTS) is 1. The first-order valence-corrected chi connectivity index (χ1v) is 11.5. The molecule has 0 aliphatic carbocycles. The molecule has 0 spiro atoms. The van der Waals surface area contributed by atoms with Gasteiger partial charge in [0.25, 0.3) is 18.3 Å². The number of methoxy groups -OCH3 is 1. The number of fused-ring (bicyclic) bond motifs is 1. The minimum absolute atomic E-state index is 0.0438. The van der Waals surface area contributed by atoms with Gasteiger partial charge in [0.05, 0.1) is 30.5 Å². The van der Waals surface area contributed by atoms with E-state index in [0.717, 1.165) is 11.3 Å². The number of aromatic nitrogens is 1. The zero-order valence-electron chi connectivity index (χ0n) is 19.7. The molecule has 0 bridgehead atoms. The van der Waals surface area contributed by atoms with Crippen molar-refractivity contribution in [3.63, 3.8) is 0 Å². The zero-order valence-corrected chi connectivity index (χ0v) is 19.7. The maximum absolute atomic E-state index is 13.6. The summed E-state index contributed by atoms with van der Waals surface area (Å²) in [6.07, 6.45) is 3.12. The second-order valence-corrected chi connectivity index (χ2v) is 8.37. The maximum Gasteiger partial charge on any atom is 0.290 e. The number of aliphatic hydroxyl groups excluding tert-OH is 1. The van der Waals surface area contributed by atoms with Crippen molar-refractivity contribution in [3.05, 3.63) is 71.8 Å². The van der Waals surface area contributed by atoms with Crippen LogP contribution in [0.5, 0.6) is 5.75 Å². The molecule has 2 aromatic heterocycles. The Balaban J connectivity index is 0.000000967. The summed E-state index contributed by atoms with van der Waals surface area (Å²) in [5.74, 6) is 1.05. The highest BCUT2D eigenvalue weighted by Crippen LogP contribution is 2.35. The molecule has 2 aliphatic rings. The maximum atomic E-state index is 13.6. The van der Waals surface area contributed by atoms with E-state index in [-0.39, 0.29) is 42.7 Å². The molecule has 10 heteroatoms. The lowest BCUT2D eigenvalue weighted by molar-refractivity contribution is -0.122. The average Bonchev–Trinajstić information content (AvgIpc) is 3.65. The van der Waals surface area contributed by atoms with E-state index in [0.29, 0.717) is 42.9 Å². The van der Waals surface area contributed by atoms with Crippen LogP contribution >= 0.6 is 0 Å². The number of nitrogens with zero attached hydrogens (tertiary/aromatic N) is 3. The normalized spacial score (nSPS) is 18.3. The van der Waals surface area contributed by atoms with Gasteiger partial charge in [0.15, 0.2) is 5.76 Å². The smallest absolute Gasteiger partial charge is 0.290 e. The first kappa shape index (κ1) is 24.9. The Bertz CT molecular complexity index is 1220. The van der Waals surface area contributed by atoms with E-state index in [2.05, 4.69) is 4.98 Å². The molecule has 3 aromatic rings. The van der Waals surface area contributed by atoms with Gasteiger partial charge in [0, 0.05) is 24.8 Å². The fraction of sp³-hybridized carbons (Fsp3) is 0.308. The van der Waals surface area contributed by atoms with E-state index in [1.807, 2.05) is 29.2 Å². The number of furan rings is 1. The largest absolute Gasteiger partial charge is 0.497 e. The predicted molar refractivity (Wildman–Crippen MR) is 128 cm³/mol. The number of pyridine rings is 1. The number of hydrogen-bond acceptors (Lipinski definition) is 7. The lowest BCUT2D eigenvalue weighted by atomic mass is 10.0. The third-order valence-electron chi connectivity index (χ3n) is 6.53. The van der Waals surface area contributed by atoms with Crippen LogP contribution in [-0.2, 0) is 11.4 Å². The molecule has 4 heterocycles. The summed E-state index contributed by atoms with van der Waals surface area (Å²) in [4.78, 5) is 43.1. The molecule has 188 valence electrons. The molecule has 0 unspecified atom stereocenters. The minimum atomic E-state index is -0.250. The highest BCUT2D eigenvalue weighted by Gasteiger charge is 2.47. The Labute approximate surface area is 207 Å². The van der Waals surface area contributed by atoms with Gasteiger partial charge in [-0.25, -0.2) is 0 Å². The van der Waals surface area contributed by atoms with Crippen LogP contribution in [-0.4, -0.2) is 75.6 Å². The standard InChI is InChI=1S/C25H25N3O5.CH2O2/c1-32-17-6-4-16(5-7-17)23-19(3-2-12-26-23)24(30)27-13-10-21-20(27)11-14-28(21)25(31)22-9-8-18(15-29)33-22;2-1-3/h2-9,12,20-21,29H,10-11,13-15H2,1H3;1H,(H,2,3)/t20-,21-;/m1./s1. The Morgan fingerprint density at radius 1 is 1.06 bits per heavy atom. The molecule has 2 fully saturated rings. The number of amides is 2. The number of carbonyl (C=O) groups is 3. The number of rotatable bonds is 5. The fourth-order valence-electron chi connectivity index (χ4n) is 4.92. The molecule has 5 rings (SSSR count). The van der Waals surface area contributed by atoms with Crippen molar-refractivity contribution in [2.45, 2.75) is 31.5 Å². The quantitative estimate of drug-likeness (QED) is 0.518. The van der Waals surface area contributed by atoms with Gasteiger partial charge in [0.1, 0.15) is 18.1 Å². The van der Waals surface area contributed by atoms with E-state index in [1.54, 1.807) is 42.5 Å². The van der Waals surface area contributed by atoms with E-state index in [1.165, 1.54) is 0 Å². The summed E-state index contributed by atoms with van der Waals surface area (Å²) < 4.78 is 10.7. The van der Waals surface area contributed by atoms with Crippen molar-refractivity contribution in [2.24, 2.45) is 0 Å². The van der Waals surface area contributed by atoms with Gasteiger partial charge in [-0.05, 0) is 61.4 Å². The molecule has 2 saturated heterocycles. The topological polar surface area (TPSA) is 133 Å². The summed E-state index contributed by atoms with van der Waals surface area (Å²) in [5.41, 5.74) is 2.02. The van der Waals surface area contributed by atoms with Crippen LogP contribution in [0.1, 0.15) is 39.5 Å². The van der Waals surface area contributed by atoms with Gasteiger partial charge in [-0.1, -0.05) is 0 Å². The molecule has 2 N–H and O–H groups in total. The monoisotopic (exact) mass is 493 g/mol. The zero-order chi connectivity index (χ0) is 25.7. The number of aliphatic hydroxyl groups is 1. The van der Waals surface area contributed by atoms with Gasteiger partial charge >= 0.3 is 0 Å². The molecule has 2 aliphatic heterocycles. The molecule has 0 saturated carbocycles. The van der Waals surface area contributed by atoms with Crippen molar-refractivity contribution in [1.29, 1.82) is 0 Å². The molecule has 0 radical (unpaired) electrons. The third-order valence-corrected chi connectivity index (χ3v) is 6.53. The summed E-state index contributed by atoms with van der Waals surface area (Å²) >= 11 is 0. The van der Waals surface area contributed by atoms with Crippen molar-refractivity contribution < 1.29 is 33.8 Å². The van der Waals surface area contributed by atoms with Crippen LogP contribution in [0.25, 0.3) is 11.3 Å².